The molecule has 2 aromatic rings. The number of benzene rings is 2. The first kappa shape index (κ1) is 17.1. The SMILES string of the molecule is O=S(=O)(c1cc(F)ccc1Oc1cccc(F)c1F)C(F)(F)F. The molecule has 10 heteroatoms. The summed E-state index contributed by atoms with van der Waals surface area (Å²) in [6, 6.07) is 3.84. The monoisotopic (exact) mass is 356 g/mol. The summed E-state index contributed by atoms with van der Waals surface area (Å²) in [7, 11) is -5.95. The van der Waals surface area contributed by atoms with Crippen LogP contribution in [0.1, 0.15) is 0 Å². The van der Waals surface area contributed by atoms with E-state index in [1.807, 2.05) is 0 Å². The maximum atomic E-state index is 13.5. The Morgan fingerprint density at radius 2 is 1.57 bits per heavy atom. The van der Waals surface area contributed by atoms with Gasteiger partial charge >= 0.3 is 5.51 Å². The minimum atomic E-state index is -5.95. The van der Waals surface area contributed by atoms with Crippen molar-refractivity contribution < 1.29 is 39.5 Å². The normalized spacial score (nSPS) is 12.3. The second-order valence-corrected chi connectivity index (χ2v) is 6.10. The minimum Gasteiger partial charge on any atom is -0.453 e. The Kier molecular flexibility index (Phi) is 4.29. The molecule has 0 aromatic heterocycles. The van der Waals surface area contributed by atoms with Crippen molar-refractivity contribution in [2.24, 2.45) is 0 Å². The lowest BCUT2D eigenvalue weighted by Crippen LogP contribution is -2.23. The van der Waals surface area contributed by atoms with Crippen molar-refractivity contribution >= 4 is 9.84 Å². The van der Waals surface area contributed by atoms with Gasteiger partial charge < -0.3 is 4.74 Å². The van der Waals surface area contributed by atoms with Crippen LogP contribution in [0.15, 0.2) is 41.3 Å². The second kappa shape index (κ2) is 5.76. The van der Waals surface area contributed by atoms with Gasteiger partial charge in [-0.15, -0.1) is 0 Å². The fourth-order valence-electron chi connectivity index (χ4n) is 1.58. The summed E-state index contributed by atoms with van der Waals surface area (Å²) in [4.78, 5) is -1.55. The quantitative estimate of drug-likeness (QED) is 0.775. The molecule has 0 radical (unpaired) electrons. The van der Waals surface area contributed by atoms with E-state index < -0.39 is 49.2 Å². The molecular weight excluding hydrogens is 350 g/mol. The van der Waals surface area contributed by atoms with Crippen molar-refractivity contribution in [1.29, 1.82) is 0 Å². The number of rotatable bonds is 3. The molecule has 0 atom stereocenters. The molecule has 0 N–H and O–H groups in total. The first-order valence-corrected chi connectivity index (χ1v) is 7.25. The predicted molar refractivity (Wildman–Crippen MR) is 66.1 cm³/mol. The molecule has 124 valence electrons. The van der Waals surface area contributed by atoms with Crippen molar-refractivity contribution in [2.45, 2.75) is 10.4 Å². The molecule has 0 bridgehead atoms. The molecule has 0 heterocycles. The molecule has 0 unspecified atom stereocenters. The van der Waals surface area contributed by atoms with Crippen LogP contribution in [0.4, 0.5) is 26.3 Å². The highest BCUT2D eigenvalue weighted by Gasteiger charge is 2.48. The van der Waals surface area contributed by atoms with E-state index in [9.17, 15) is 34.8 Å². The van der Waals surface area contributed by atoms with E-state index in [0.29, 0.717) is 12.1 Å². The van der Waals surface area contributed by atoms with Crippen LogP contribution in [0, 0.1) is 17.5 Å². The summed E-state index contributed by atoms with van der Waals surface area (Å²) < 4.78 is 105. The molecular formula is C13H6F6O3S. The van der Waals surface area contributed by atoms with Gasteiger partial charge in [0.25, 0.3) is 9.84 Å². The first-order chi connectivity index (χ1) is 10.5. The lowest BCUT2D eigenvalue weighted by atomic mass is 10.3. The van der Waals surface area contributed by atoms with Gasteiger partial charge in [0, 0.05) is 0 Å². The number of ether oxygens (including phenoxy) is 1. The molecule has 2 aromatic carbocycles. The van der Waals surface area contributed by atoms with E-state index in [2.05, 4.69) is 0 Å². The van der Waals surface area contributed by atoms with Crippen LogP contribution >= 0.6 is 0 Å². The number of hydrogen-bond acceptors (Lipinski definition) is 3. The van der Waals surface area contributed by atoms with E-state index in [4.69, 9.17) is 4.74 Å². The zero-order chi connectivity index (χ0) is 17.4. The molecule has 0 spiro atoms. The van der Waals surface area contributed by atoms with Gasteiger partial charge in [-0.2, -0.15) is 17.6 Å². The minimum absolute atomic E-state index is 0.0787. The average molecular weight is 356 g/mol. The lowest BCUT2D eigenvalue weighted by Gasteiger charge is -2.14. The second-order valence-electron chi connectivity index (χ2n) is 4.19. The van der Waals surface area contributed by atoms with Crippen LogP contribution in [-0.4, -0.2) is 13.9 Å². The largest absolute Gasteiger partial charge is 0.502 e. The van der Waals surface area contributed by atoms with E-state index in [1.165, 1.54) is 0 Å². The van der Waals surface area contributed by atoms with Crippen LogP contribution in [0.5, 0.6) is 11.5 Å². The summed E-state index contributed by atoms with van der Waals surface area (Å²) >= 11 is 0. The molecule has 0 saturated heterocycles. The maximum absolute atomic E-state index is 13.5. The van der Waals surface area contributed by atoms with Gasteiger partial charge in [0.1, 0.15) is 16.5 Å². The van der Waals surface area contributed by atoms with E-state index >= 15 is 0 Å². The maximum Gasteiger partial charge on any atom is 0.502 e. The third kappa shape index (κ3) is 3.26. The molecule has 0 aliphatic carbocycles. The lowest BCUT2D eigenvalue weighted by molar-refractivity contribution is -0.0437. The Bertz CT molecular complexity index is 845. The Labute approximate surface area is 126 Å². The highest BCUT2D eigenvalue weighted by atomic mass is 32.2. The molecule has 23 heavy (non-hydrogen) atoms. The third-order valence-electron chi connectivity index (χ3n) is 2.64. The van der Waals surface area contributed by atoms with Crippen LogP contribution in [0.25, 0.3) is 0 Å². The highest BCUT2D eigenvalue weighted by Crippen LogP contribution is 2.38. The number of alkyl halides is 3. The van der Waals surface area contributed by atoms with Gasteiger partial charge in [-0.05, 0) is 30.3 Å². The standard InChI is InChI=1S/C13H6F6O3S/c14-7-4-5-9(11(6-7)23(20,21)13(17,18)19)22-10-3-1-2-8(15)12(10)16/h1-6H. The summed E-state index contributed by atoms with van der Waals surface area (Å²) in [6.07, 6.45) is 0. The Balaban J connectivity index is 2.59. The first-order valence-electron chi connectivity index (χ1n) is 5.77. The Morgan fingerprint density at radius 3 is 2.17 bits per heavy atom. The summed E-state index contributed by atoms with van der Waals surface area (Å²) in [6.45, 7) is 0. The summed E-state index contributed by atoms with van der Waals surface area (Å²) in [5.41, 5.74) is -5.72. The highest BCUT2D eigenvalue weighted by molar-refractivity contribution is 7.92. The number of halogens is 6. The van der Waals surface area contributed by atoms with Gasteiger partial charge in [-0.3, -0.25) is 0 Å². The summed E-state index contributed by atoms with van der Waals surface area (Å²) in [5.74, 6) is -6.01. The molecule has 0 fully saturated rings. The number of sulfone groups is 1. The Morgan fingerprint density at radius 1 is 0.913 bits per heavy atom. The van der Waals surface area contributed by atoms with Gasteiger partial charge in [0.05, 0.1) is 0 Å². The fourth-order valence-corrected chi connectivity index (χ4v) is 2.47. The fraction of sp³-hybridized carbons (Fsp3) is 0.0769. The molecule has 3 nitrogen and oxygen atoms in total. The third-order valence-corrected chi connectivity index (χ3v) is 4.14. The Hall–Kier alpha value is -2.23. The zero-order valence-electron chi connectivity index (χ0n) is 10.9. The smallest absolute Gasteiger partial charge is 0.453 e. The topological polar surface area (TPSA) is 43.4 Å². The van der Waals surface area contributed by atoms with Crippen molar-refractivity contribution in [3.05, 3.63) is 53.8 Å². The molecule has 0 saturated carbocycles. The van der Waals surface area contributed by atoms with E-state index in [-0.39, 0.29) is 6.07 Å². The van der Waals surface area contributed by atoms with Crippen LogP contribution in [0.2, 0.25) is 0 Å². The van der Waals surface area contributed by atoms with Crippen molar-refractivity contribution in [3.63, 3.8) is 0 Å². The summed E-state index contributed by atoms with van der Waals surface area (Å²) in [5, 5.41) is 0. The van der Waals surface area contributed by atoms with Gasteiger partial charge in [0.2, 0.25) is 5.82 Å². The van der Waals surface area contributed by atoms with Gasteiger partial charge in [-0.25, -0.2) is 17.2 Å². The molecule has 2 rings (SSSR count). The van der Waals surface area contributed by atoms with Crippen LogP contribution in [-0.2, 0) is 9.84 Å². The average Bonchev–Trinajstić information content (AvgIpc) is 2.44. The van der Waals surface area contributed by atoms with E-state index in [1.54, 1.807) is 0 Å². The van der Waals surface area contributed by atoms with E-state index in [0.717, 1.165) is 18.2 Å². The van der Waals surface area contributed by atoms with Crippen LogP contribution < -0.4 is 4.74 Å². The van der Waals surface area contributed by atoms with Crippen molar-refractivity contribution in [2.75, 3.05) is 0 Å². The number of hydrogen-bond donors (Lipinski definition) is 0. The molecule has 0 aliphatic rings. The predicted octanol–water partition coefficient (Wildman–Crippen LogP) is 4.19. The van der Waals surface area contributed by atoms with Gasteiger partial charge in [-0.1, -0.05) is 6.07 Å². The zero-order valence-corrected chi connectivity index (χ0v) is 11.7. The molecule has 0 amide bonds. The van der Waals surface area contributed by atoms with Crippen LogP contribution in [0.3, 0.4) is 0 Å². The van der Waals surface area contributed by atoms with Crippen molar-refractivity contribution in [1.82, 2.24) is 0 Å². The molecule has 0 aliphatic heterocycles. The van der Waals surface area contributed by atoms with Gasteiger partial charge in [0.15, 0.2) is 11.6 Å². The van der Waals surface area contributed by atoms with Crippen molar-refractivity contribution in [3.8, 4) is 11.5 Å².